The molecule has 1 heterocycles. The summed E-state index contributed by atoms with van der Waals surface area (Å²) in [6.45, 7) is 1.92. The number of nitrogens with two attached hydrogens (primary N) is 1. The first kappa shape index (κ1) is 9.67. The molecule has 0 saturated carbocycles. The van der Waals surface area contributed by atoms with Gasteiger partial charge in [-0.2, -0.15) is 0 Å². The van der Waals surface area contributed by atoms with Crippen LogP contribution in [-0.4, -0.2) is 15.5 Å². The zero-order chi connectivity index (χ0) is 11.0. The maximum atomic E-state index is 11.3. The van der Waals surface area contributed by atoms with Crippen molar-refractivity contribution in [2.75, 3.05) is 0 Å². The van der Waals surface area contributed by atoms with Crippen LogP contribution in [0.4, 0.5) is 0 Å². The Morgan fingerprint density at radius 2 is 2.27 bits per heavy atom. The maximum Gasteiger partial charge on any atom is 0.265 e. The van der Waals surface area contributed by atoms with Gasteiger partial charge in [0.25, 0.3) is 5.91 Å². The molecule has 0 atom stereocenters. The summed E-state index contributed by atoms with van der Waals surface area (Å²) in [6.07, 6.45) is 0. The van der Waals surface area contributed by atoms with E-state index in [1.54, 1.807) is 12.1 Å². The number of rotatable bonds is 1. The molecule has 0 aliphatic carbocycles. The van der Waals surface area contributed by atoms with Gasteiger partial charge in [-0.3, -0.25) is 10.2 Å². The van der Waals surface area contributed by atoms with Crippen molar-refractivity contribution in [3.63, 3.8) is 0 Å². The number of hydrogen-bond acceptors (Lipinski definition) is 3. The van der Waals surface area contributed by atoms with Gasteiger partial charge in [-0.05, 0) is 25.1 Å². The molecule has 0 fully saturated rings. The lowest BCUT2D eigenvalue weighted by molar-refractivity contribution is 0.0954. The Bertz CT molecular complexity index is 529. The summed E-state index contributed by atoms with van der Waals surface area (Å²) >= 11 is 0. The van der Waals surface area contributed by atoms with Gasteiger partial charge in [0.1, 0.15) is 5.82 Å². The van der Waals surface area contributed by atoms with E-state index in [1.807, 2.05) is 24.6 Å². The maximum absolute atomic E-state index is 11.3. The molecule has 0 saturated heterocycles. The van der Waals surface area contributed by atoms with Crippen LogP contribution in [0, 0.1) is 6.92 Å². The summed E-state index contributed by atoms with van der Waals surface area (Å²) < 4.78 is 1.97. The highest BCUT2D eigenvalue weighted by Crippen LogP contribution is 2.16. The van der Waals surface area contributed by atoms with Crippen LogP contribution in [0.5, 0.6) is 0 Å². The number of nitrogens with one attached hydrogen (secondary N) is 1. The summed E-state index contributed by atoms with van der Waals surface area (Å²) in [5.41, 5.74) is 4.41. The molecule has 15 heavy (non-hydrogen) atoms. The second-order valence-electron chi connectivity index (χ2n) is 3.39. The van der Waals surface area contributed by atoms with Gasteiger partial charge in [0.05, 0.1) is 11.0 Å². The van der Waals surface area contributed by atoms with Gasteiger partial charge in [0.15, 0.2) is 0 Å². The van der Waals surface area contributed by atoms with Gasteiger partial charge < -0.3 is 4.57 Å². The Morgan fingerprint density at radius 1 is 1.53 bits per heavy atom. The number of nitrogen functional groups attached to an aromatic ring is 1. The minimum Gasteiger partial charge on any atom is -0.331 e. The molecular weight excluding hydrogens is 192 g/mol. The van der Waals surface area contributed by atoms with Crippen LogP contribution < -0.4 is 11.3 Å². The van der Waals surface area contributed by atoms with Crippen molar-refractivity contribution in [3.05, 3.63) is 29.6 Å². The highest BCUT2D eigenvalue weighted by molar-refractivity contribution is 5.97. The van der Waals surface area contributed by atoms with Crippen LogP contribution in [0.1, 0.15) is 16.2 Å². The first-order chi connectivity index (χ1) is 7.13. The zero-order valence-electron chi connectivity index (χ0n) is 8.61. The smallest absolute Gasteiger partial charge is 0.265 e. The summed E-state index contributed by atoms with van der Waals surface area (Å²) in [5, 5.41) is 0. The third-order valence-corrected chi connectivity index (χ3v) is 2.50. The van der Waals surface area contributed by atoms with Gasteiger partial charge in [-0.1, -0.05) is 0 Å². The van der Waals surface area contributed by atoms with Crippen LogP contribution in [-0.2, 0) is 7.05 Å². The molecule has 5 nitrogen and oxygen atoms in total. The van der Waals surface area contributed by atoms with E-state index in [4.69, 9.17) is 5.84 Å². The van der Waals surface area contributed by atoms with Crippen molar-refractivity contribution >= 4 is 16.9 Å². The Balaban J connectivity index is 2.62. The predicted octanol–water partition coefficient (Wildman–Crippen LogP) is 0.485. The number of aromatic nitrogens is 2. The lowest BCUT2D eigenvalue weighted by Crippen LogP contribution is -2.29. The summed E-state index contributed by atoms with van der Waals surface area (Å²) in [5.74, 6) is 5.67. The fourth-order valence-corrected chi connectivity index (χ4v) is 1.54. The SMILES string of the molecule is Cc1nc2cc(C(=O)NN)ccc2n1C. The Morgan fingerprint density at radius 3 is 2.93 bits per heavy atom. The number of nitrogens with zero attached hydrogens (tertiary/aromatic N) is 2. The second kappa shape index (κ2) is 3.36. The normalized spacial score (nSPS) is 10.6. The van der Waals surface area contributed by atoms with E-state index in [-0.39, 0.29) is 5.91 Å². The molecule has 0 radical (unpaired) electrons. The first-order valence-electron chi connectivity index (χ1n) is 4.57. The van der Waals surface area contributed by atoms with Crippen LogP contribution in [0.25, 0.3) is 11.0 Å². The average Bonchev–Trinajstić information content (AvgIpc) is 2.53. The number of carbonyl (C=O) groups excluding carboxylic acids is 1. The summed E-state index contributed by atoms with van der Waals surface area (Å²) in [7, 11) is 1.94. The van der Waals surface area contributed by atoms with Gasteiger partial charge in [-0.25, -0.2) is 10.8 Å². The zero-order valence-corrected chi connectivity index (χ0v) is 8.61. The lowest BCUT2D eigenvalue weighted by Gasteiger charge is -1.99. The van der Waals surface area contributed by atoms with Crippen molar-refractivity contribution < 1.29 is 4.79 Å². The molecule has 0 aliphatic rings. The number of hydrazine groups is 1. The van der Waals surface area contributed by atoms with Gasteiger partial charge >= 0.3 is 0 Å². The van der Waals surface area contributed by atoms with Crippen molar-refractivity contribution in [3.8, 4) is 0 Å². The highest BCUT2D eigenvalue weighted by Gasteiger charge is 2.08. The number of fused-ring (bicyclic) bond motifs is 1. The van der Waals surface area contributed by atoms with Crippen LogP contribution in [0.15, 0.2) is 18.2 Å². The van der Waals surface area contributed by atoms with Crippen molar-refractivity contribution in [1.82, 2.24) is 15.0 Å². The van der Waals surface area contributed by atoms with E-state index in [0.29, 0.717) is 5.56 Å². The number of imidazole rings is 1. The highest BCUT2D eigenvalue weighted by atomic mass is 16.2. The molecule has 78 valence electrons. The van der Waals surface area contributed by atoms with E-state index in [1.165, 1.54) is 0 Å². The van der Waals surface area contributed by atoms with Crippen LogP contribution in [0.2, 0.25) is 0 Å². The number of amides is 1. The van der Waals surface area contributed by atoms with Gasteiger partial charge in [-0.15, -0.1) is 0 Å². The van der Waals surface area contributed by atoms with Gasteiger partial charge in [0, 0.05) is 12.6 Å². The topological polar surface area (TPSA) is 72.9 Å². The molecule has 1 aromatic heterocycles. The molecule has 2 rings (SSSR count). The minimum absolute atomic E-state index is 0.305. The number of carbonyl (C=O) groups is 1. The number of benzene rings is 1. The molecule has 5 heteroatoms. The largest absolute Gasteiger partial charge is 0.331 e. The third kappa shape index (κ3) is 1.46. The fraction of sp³-hybridized carbons (Fsp3) is 0.200. The molecule has 3 N–H and O–H groups in total. The van der Waals surface area contributed by atoms with E-state index >= 15 is 0 Å². The first-order valence-corrected chi connectivity index (χ1v) is 4.57. The number of aryl methyl sites for hydroxylation is 2. The Labute approximate surface area is 86.9 Å². The number of hydrogen-bond donors (Lipinski definition) is 2. The molecule has 1 amide bonds. The lowest BCUT2D eigenvalue weighted by atomic mass is 10.2. The standard InChI is InChI=1S/C10H12N4O/c1-6-12-8-5-7(10(15)13-11)3-4-9(8)14(6)2/h3-5H,11H2,1-2H3,(H,13,15). The molecule has 0 spiro atoms. The molecule has 0 bridgehead atoms. The molecule has 0 unspecified atom stereocenters. The summed E-state index contributed by atoms with van der Waals surface area (Å²) in [6, 6.07) is 5.32. The third-order valence-electron chi connectivity index (χ3n) is 2.50. The fourth-order valence-electron chi connectivity index (χ4n) is 1.54. The molecule has 0 aliphatic heterocycles. The summed E-state index contributed by atoms with van der Waals surface area (Å²) in [4.78, 5) is 15.6. The van der Waals surface area contributed by atoms with Crippen LogP contribution in [0.3, 0.4) is 0 Å². The second-order valence-corrected chi connectivity index (χ2v) is 3.39. The van der Waals surface area contributed by atoms with Crippen LogP contribution >= 0.6 is 0 Å². The van der Waals surface area contributed by atoms with Crippen molar-refractivity contribution in [2.45, 2.75) is 6.92 Å². The van der Waals surface area contributed by atoms with Crippen molar-refractivity contribution in [2.24, 2.45) is 12.9 Å². The quantitative estimate of drug-likeness (QED) is 0.403. The monoisotopic (exact) mass is 204 g/mol. The van der Waals surface area contributed by atoms with Gasteiger partial charge in [0.2, 0.25) is 0 Å². The molecule has 2 aromatic rings. The van der Waals surface area contributed by atoms with E-state index in [9.17, 15) is 4.79 Å². The average molecular weight is 204 g/mol. The molecular formula is C10H12N4O. The molecule has 1 aromatic carbocycles. The van der Waals surface area contributed by atoms with Crippen molar-refractivity contribution in [1.29, 1.82) is 0 Å². The van der Waals surface area contributed by atoms with E-state index in [0.717, 1.165) is 16.9 Å². The predicted molar refractivity (Wildman–Crippen MR) is 57.1 cm³/mol. The van der Waals surface area contributed by atoms with E-state index in [2.05, 4.69) is 10.4 Å². The minimum atomic E-state index is -0.305. The Hall–Kier alpha value is -1.88. The van der Waals surface area contributed by atoms with E-state index < -0.39 is 0 Å². The Kier molecular flexibility index (Phi) is 2.17.